The van der Waals surface area contributed by atoms with Gasteiger partial charge in [0.2, 0.25) is 5.91 Å². The van der Waals surface area contributed by atoms with E-state index in [0.29, 0.717) is 18.7 Å². The molecular formula is C27H26N4O2. The molecule has 1 aromatic carbocycles. The van der Waals surface area contributed by atoms with Gasteiger partial charge in [-0.1, -0.05) is 30.3 Å². The number of carbonyl (C=O) groups is 1. The summed E-state index contributed by atoms with van der Waals surface area (Å²) in [6.45, 7) is 1.48. The molecule has 4 aromatic rings. The smallest absolute Gasteiger partial charge is 0.223 e. The normalized spacial score (nSPS) is 14.4. The first kappa shape index (κ1) is 21.1. The SMILES string of the molecule is O=C(CCc1ccco1)N1CCC(c2nc(-c3cccnc3)ncc2-c2ccccc2)CC1. The number of aromatic nitrogens is 3. The summed E-state index contributed by atoms with van der Waals surface area (Å²) in [6, 6.07) is 17.9. The third-order valence-electron chi connectivity index (χ3n) is 6.22. The van der Waals surface area contributed by atoms with Gasteiger partial charge in [0.1, 0.15) is 5.76 Å². The van der Waals surface area contributed by atoms with Gasteiger partial charge in [-0.2, -0.15) is 0 Å². The van der Waals surface area contributed by atoms with E-state index in [9.17, 15) is 4.79 Å². The van der Waals surface area contributed by atoms with Crippen LogP contribution in [0.3, 0.4) is 0 Å². The Morgan fingerprint density at radius 1 is 0.970 bits per heavy atom. The van der Waals surface area contributed by atoms with Crippen LogP contribution >= 0.6 is 0 Å². The predicted molar refractivity (Wildman–Crippen MR) is 126 cm³/mol. The lowest BCUT2D eigenvalue weighted by Crippen LogP contribution is -2.38. The van der Waals surface area contributed by atoms with Crippen LogP contribution in [0.15, 0.2) is 83.9 Å². The summed E-state index contributed by atoms with van der Waals surface area (Å²) in [6.07, 6.45) is 10.0. The molecular weight excluding hydrogens is 412 g/mol. The molecule has 0 unspecified atom stereocenters. The average Bonchev–Trinajstić information content (AvgIpc) is 3.42. The number of hydrogen-bond acceptors (Lipinski definition) is 5. The molecule has 3 aromatic heterocycles. The first-order chi connectivity index (χ1) is 16.3. The average molecular weight is 439 g/mol. The van der Waals surface area contributed by atoms with Crippen LogP contribution in [0.5, 0.6) is 0 Å². The lowest BCUT2D eigenvalue weighted by Gasteiger charge is -2.32. The van der Waals surface area contributed by atoms with Crippen molar-refractivity contribution >= 4 is 5.91 Å². The Kier molecular flexibility index (Phi) is 6.24. The Morgan fingerprint density at radius 2 is 1.79 bits per heavy atom. The standard InChI is InChI=1S/C27H26N4O2/c32-25(11-10-23-9-5-17-33-23)31-15-12-21(13-16-31)26-24(20-6-2-1-3-7-20)19-29-27(30-26)22-8-4-14-28-18-22/h1-9,14,17-19,21H,10-13,15-16H2. The second-order valence-corrected chi connectivity index (χ2v) is 8.33. The molecule has 5 rings (SSSR count). The number of pyridine rings is 1. The summed E-state index contributed by atoms with van der Waals surface area (Å²) in [5.41, 5.74) is 4.13. The Balaban J connectivity index is 1.35. The number of amides is 1. The summed E-state index contributed by atoms with van der Waals surface area (Å²) in [4.78, 5) is 28.6. The van der Waals surface area contributed by atoms with Crippen molar-refractivity contribution in [2.24, 2.45) is 0 Å². The number of benzene rings is 1. The van der Waals surface area contributed by atoms with Crippen molar-refractivity contribution in [3.8, 4) is 22.5 Å². The monoisotopic (exact) mass is 438 g/mol. The second kappa shape index (κ2) is 9.77. The molecule has 0 spiro atoms. The Bertz CT molecular complexity index is 1190. The van der Waals surface area contributed by atoms with Crippen LogP contribution in [0, 0.1) is 0 Å². The zero-order chi connectivity index (χ0) is 22.5. The third kappa shape index (κ3) is 4.85. The first-order valence-electron chi connectivity index (χ1n) is 11.4. The first-order valence-corrected chi connectivity index (χ1v) is 11.4. The van der Waals surface area contributed by atoms with E-state index in [1.807, 2.05) is 53.6 Å². The number of likely N-dealkylation sites (tertiary alicyclic amines) is 1. The van der Waals surface area contributed by atoms with E-state index in [2.05, 4.69) is 22.1 Å². The van der Waals surface area contributed by atoms with Crippen molar-refractivity contribution in [2.75, 3.05) is 13.1 Å². The summed E-state index contributed by atoms with van der Waals surface area (Å²) >= 11 is 0. The van der Waals surface area contributed by atoms with Crippen LogP contribution in [0.4, 0.5) is 0 Å². The topological polar surface area (TPSA) is 72.1 Å². The molecule has 33 heavy (non-hydrogen) atoms. The van der Waals surface area contributed by atoms with Gasteiger partial charge in [-0.25, -0.2) is 9.97 Å². The van der Waals surface area contributed by atoms with E-state index in [1.165, 1.54) is 0 Å². The van der Waals surface area contributed by atoms with Crippen molar-refractivity contribution in [1.82, 2.24) is 19.9 Å². The number of carbonyl (C=O) groups excluding carboxylic acids is 1. The van der Waals surface area contributed by atoms with Gasteiger partial charge in [0.15, 0.2) is 5.82 Å². The number of hydrogen-bond donors (Lipinski definition) is 0. The Morgan fingerprint density at radius 3 is 2.52 bits per heavy atom. The molecule has 0 atom stereocenters. The molecule has 6 nitrogen and oxygen atoms in total. The van der Waals surface area contributed by atoms with Crippen LogP contribution in [-0.2, 0) is 11.2 Å². The zero-order valence-corrected chi connectivity index (χ0v) is 18.4. The molecule has 1 aliphatic heterocycles. The fraction of sp³-hybridized carbons (Fsp3) is 0.259. The highest BCUT2D eigenvalue weighted by atomic mass is 16.3. The van der Waals surface area contributed by atoms with Gasteiger partial charge in [0.05, 0.1) is 12.0 Å². The third-order valence-corrected chi connectivity index (χ3v) is 6.22. The lowest BCUT2D eigenvalue weighted by atomic mass is 9.88. The van der Waals surface area contributed by atoms with Gasteiger partial charge in [0, 0.05) is 61.6 Å². The van der Waals surface area contributed by atoms with E-state index < -0.39 is 0 Å². The van der Waals surface area contributed by atoms with Crippen LogP contribution in [0.2, 0.25) is 0 Å². The number of rotatable bonds is 6. The summed E-state index contributed by atoms with van der Waals surface area (Å²) in [5, 5.41) is 0. The minimum Gasteiger partial charge on any atom is -0.469 e. The number of nitrogens with zero attached hydrogens (tertiary/aromatic N) is 4. The molecule has 0 saturated carbocycles. The van der Waals surface area contributed by atoms with Crippen molar-refractivity contribution < 1.29 is 9.21 Å². The summed E-state index contributed by atoms with van der Waals surface area (Å²) in [7, 11) is 0. The van der Waals surface area contributed by atoms with Crippen LogP contribution in [0.25, 0.3) is 22.5 Å². The highest BCUT2D eigenvalue weighted by molar-refractivity contribution is 5.76. The fourth-order valence-electron chi connectivity index (χ4n) is 4.43. The van der Waals surface area contributed by atoms with Crippen molar-refractivity contribution in [1.29, 1.82) is 0 Å². The number of piperidine rings is 1. The molecule has 1 aliphatic rings. The quantitative estimate of drug-likeness (QED) is 0.417. The van der Waals surface area contributed by atoms with Crippen molar-refractivity contribution in [2.45, 2.75) is 31.6 Å². The van der Waals surface area contributed by atoms with Gasteiger partial charge >= 0.3 is 0 Å². The van der Waals surface area contributed by atoms with E-state index >= 15 is 0 Å². The molecule has 1 saturated heterocycles. The molecule has 0 radical (unpaired) electrons. The van der Waals surface area contributed by atoms with Gasteiger partial charge in [-0.15, -0.1) is 0 Å². The van der Waals surface area contributed by atoms with E-state index in [0.717, 1.165) is 54.1 Å². The van der Waals surface area contributed by atoms with Gasteiger partial charge in [-0.3, -0.25) is 9.78 Å². The van der Waals surface area contributed by atoms with Gasteiger partial charge < -0.3 is 9.32 Å². The van der Waals surface area contributed by atoms with Crippen molar-refractivity contribution in [3.63, 3.8) is 0 Å². The van der Waals surface area contributed by atoms with E-state index in [1.54, 1.807) is 18.7 Å². The summed E-state index contributed by atoms with van der Waals surface area (Å²) in [5.74, 6) is 2.00. The van der Waals surface area contributed by atoms with Crippen LogP contribution in [-0.4, -0.2) is 38.8 Å². The van der Waals surface area contributed by atoms with Gasteiger partial charge in [-0.05, 0) is 42.7 Å². The molecule has 0 N–H and O–H groups in total. The summed E-state index contributed by atoms with van der Waals surface area (Å²) < 4.78 is 5.36. The minimum absolute atomic E-state index is 0.187. The second-order valence-electron chi connectivity index (χ2n) is 8.33. The maximum absolute atomic E-state index is 12.7. The molecule has 6 heteroatoms. The maximum Gasteiger partial charge on any atom is 0.223 e. The number of furan rings is 1. The molecule has 4 heterocycles. The lowest BCUT2D eigenvalue weighted by molar-refractivity contribution is -0.132. The Hall–Kier alpha value is -3.80. The molecule has 1 amide bonds. The van der Waals surface area contributed by atoms with Crippen LogP contribution in [0.1, 0.15) is 36.6 Å². The minimum atomic E-state index is 0.187. The van der Waals surface area contributed by atoms with Crippen LogP contribution < -0.4 is 0 Å². The molecule has 166 valence electrons. The molecule has 1 fully saturated rings. The Labute approximate surface area is 193 Å². The van der Waals surface area contributed by atoms with E-state index in [4.69, 9.17) is 9.40 Å². The van der Waals surface area contributed by atoms with E-state index in [-0.39, 0.29) is 11.8 Å². The largest absolute Gasteiger partial charge is 0.469 e. The fourth-order valence-corrected chi connectivity index (χ4v) is 4.43. The predicted octanol–water partition coefficient (Wildman–Crippen LogP) is 5.14. The highest BCUT2D eigenvalue weighted by Crippen LogP contribution is 2.35. The number of aryl methyl sites for hydroxylation is 1. The molecule has 0 aliphatic carbocycles. The van der Waals surface area contributed by atoms with Gasteiger partial charge in [0.25, 0.3) is 0 Å². The zero-order valence-electron chi connectivity index (χ0n) is 18.4. The maximum atomic E-state index is 12.7. The van der Waals surface area contributed by atoms with Crippen molar-refractivity contribution in [3.05, 3.63) is 90.9 Å². The molecule has 0 bridgehead atoms. The highest BCUT2D eigenvalue weighted by Gasteiger charge is 2.27.